The number of rotatable bonds is 6. The van der Waals surface area contributed by atoms with Gasteiger partial charge in [-0.3, -0.25) is 9.59 Å². The van der Waals surface area contributed by atoms with Crippen LogP contribution in [0.5, 0.6) is 0 Å². The molecular weight excluding hydrogens is 232 g/mol. The Balaban J connectivity index is 2.55. The molecule has 0 aliphatic carbocycles. The van der Waals surface area contributed by atoms with Crippen molar-refractivity contribution < 1.29 is 14.7 Å². The summed E-state index contributed by atoms with van der Waals surface area (Å²) < 4.78 is 0. The van der Waals surface area contributed by atoms with Crippen LogP contribution in [0.25, 0.3) is 0 Å². The topological polar surface area (TPSA) is 92.4 Å². The van der Waals surface area contributed by atoms with Gasteiger partial charge in [-0.15, -0.1) is 0 Å². The number of carboxylic acids is 1. The molecule has 0 spiro atoms. The molecule has 0 aliphatic heterocycles. The van der Waals surface area contributed by atoms with Crippen LogP contribution in [0.2, 0.25) is 0 Å². The van der Waals surface area contributed by atoms with E-state index in [1.165, 1.54) is 0 Å². The molecule has 4 N–H and O–H groups in total. The molecule has 98 valence electrons. The van der Waals surface area contributed by atoms with Crippen LogP contribution in [0.4, 0.5) is 5.69 Å². The van der Waals surface area contributed by atoms with E-state index in [1.54, 1.807) is 24.3 Å². The highest BCUT2D eigenvalue weighted by atomic mass is 16.4. The summed E-state index contributed by atoms with van der Waals surface area (Å²) in [6.45, 7) is 1.85. The van der Waals surface area contributed by atoms with Crippen LogP contribution in [0, 0.1) is 0 Å². The Morgan fingerprint density at radius 2 is 1.94 bits per heavy atom. The number of carboxylic acid groups (broad SMARTS) is 1. The molecule has 0 aliphatic rings. The average Bonchev–Trinajstić information content (AvgIpc) is 2.36. The largest absolute Gasteiger partial charge is 0.481 e. The number of carbonyl (C=O) groups excluding carboxylic acids is 1. The van der Waals surface area contributed by atoms with E-state index in [9.17, 15) is 9.59 Å². The van der Waals surface area contributed by atoms with E-state index in [0.717, 1.165) is 5.56 Å². The third-order valence-corrected chi connectivity index (χ3v) is 2.63. The Morgan fingerprint density at radius 1 is 1.33 bits per heavy atom. The van der Waals surface area contributed by atoms with Crippen molar-refractivity contribution in [1.29, 1.82) is 0 Å². The molecule has 0 radical (unpaired) electrons. The lowest BCUT2D eigenvalue weighted by molar-refractivity contribution is -0.137. The molecule has 1 amide bonds. The first-order chi connectivity index (χ1) is 8.52. The minimum Gasteiger partial charge on any atom is -0.481 e. The zero-order chi connectivity index (χ0) is 13.5. The van der Waals surface area contributed by atoms with Crippen LogP contribution in [0.3, 0.4) is 0 Å². The smallest absolute Gasteiger partial charge is 0.303 e. The Morgan fingerprint density at radius 3 is 2.44 bits per heavy atom. The van der Waals surface area contributed by atoms with Crippen LogP contribution in [-0.4, -0.2) is 23.0 Å². The van der Waals surface area contributed by atoms with Crippen molar-refractivity contribution in [2.24, 2.45) is 5.73 Å². The molecule has 0 saturated carbocycles. The van der Waals surface area contributed by atoms with Gasteiger partial charge in [0.25, 0.3) is 0 Å². The summed E-state index contributed by atoms with van der Waals surface area (Å²) in [5.74, 6) is -1.03. The van der Waals surface area contributed by atoms with Crippen molar-refractivity contribution in [2.75, 3.05) is 5.32 Å². The lowest BCUT2D eigenvalue weighted by Crippen LogP contribution is -2.34. The fourth-order valence-electron chi connectivity index (χ4n) is 1.43. The van der Waals surface area contributed by atoms with Crippen molar-refractivity contribution in [1.82, 2.24) is 0 Å². The number of benzene rings is 1. The maximum Gasteiger partial charge on any atom is 0.303 e. The van der Waals surface area contributed by atoms with E-state index in [1.807, 2.05) is 6.92 Å². The van der Waals surface area contributed by atoms with E-state index < -0.39 is 12.0 Å². The van der Waals surface area contributed by atoms with Crippen molar-refractivity contribution in [3.05, 3.63) is 29.8 Å². The summed E-state index contributed by atoms with van der Waals surface area (Å²) in [5.41, 5.74) is 7.19. The number of aliphatic carboxylic acids is 1. The van der Waals surface area contributed by atoms with E-state index in [0.29, 0.717) is 18.5 Å². The maximum absolute atomic E-state index is 11.5. The fraction of sp³-hybridized carbons (Fsp3) is 0.385. The number of amides is 1. The monoisotopic (exact) mass is 250 g/mol. The third-order valence-electron chi connectivity index (χ3n) is 2.63. The standard InChI is InChI=1S/C13H18N2O3/c1-2-11(14)13(18)15-10-6-3-9(4-7-10)5-8-12(16)17/h3-4,6-7,11H,2,5,8,14H2,1H3,(H,15,18)(H,16,17). The number of nitrogens with one attached hydrogen (secondary N) is 1. The highest BCUT2D eigenvalue weighted by molar-refractivity contribution is 5.94. The molecule has 0 aromatic heterocycles. The summed E-state index contributed by atoms with van der Waals surface area (Å²) in [7, 11) is 0. The van der Waals surface area contributed by atoms with Crippen molar-refractivity contribution in [2.45, 2.75) is 32.2 Å². The zero-order valence-electron chi connectivity index (χ0n) is 10.3. The molecule has 5 heteroatoms. The molecule has 0 saturated heterocycles. The number of hydrogen-bond donors (Lipinski definition) is 3. The number of aryl methyl sites for hydroxylation is 1. The second kappa shape index (κ2) is 6.76. The Labute approximate surface area is 106 Å². The van der Waals surface area contributed by atoms with Crippen molar-refractivity contribution >= 4 is 17.6 Å². The van der Waals surface area contributed by atoms with Crippen LogP contribution in [0.15, 0.2) is 24.3 Å². The second-order valence-electron chi connectivity index (χ2n) is 4.09. The predicted molar refractivity (Wildman–Crippen MR) is 69.3 cm³/mol. The normalized spacial score (nSPS) is 11.9. The van der Waals surface area contributed by atoms with Crippen molar-refractivity contribution in [3.8, 4) is 0 Å². The number of nitrogens with two attached hydrogens (primary N) is 1. The first kappa shape index (κ1) is 14.2. The molecule has 1 unspecified atom stereocenters. The Hall–Kier alpha value is -1.88. The Kier molecular flexibility index (Phi) is 5.32. The third kappa shape index (κ3) is 4.55. The Bertz CT molecular complexity index is 415. The van der Waals surface area contributed by atoms with Gasteiger partial charge >= 0.3 is 5.97 Å². The van der Waals surface area contributed by atoms with Gasteiger partial charge in [0, 0.05) is 12.1 Å². The number of hydrogen-bond acceptors (Lipinski definition) is 3. The molecule has 1 aromatic carbocycles. The van der Waals surface area contributed by atoms with Gasteiger partial charge in [-0.1, -0.05) is 19.1 Å². The van der Waals surface area contributed by atoms with E-state index in [4.69, 9.17) is 10.8 Å². The molecule has 0 heterocycles. The quantitative estimate of drug-likeness (QED) is 0.711. The number of carbonyl (C=O) groups is 2. The van der Waals surface area contributed by atoms with Crippen LogP contribution >= 0.6 is 0 Å². The first-order valence-electron chi connectivity index (χ1n) is 5.90. The summed E-state index contributed by atoms with van der Waals surface area (Å²) in [6, 6.07) is 6.60. The molecule has 5 nitrogen and oxygen atoms in total. The van der Waals surface area contributed by atoms with Gasteiger partial charge in [-0.25, -0.2) is 0 Å². The molecule has 1 aromatic rings. The summed E-state index contributed by atoms with van der Waals surface area (Å²) in [4.78, 5) is 22.0. The highest BCUT2D eigenvalue weighted by Gasteiger charge is 2.10. The van der Waals surface area contributed by atoms with E-state index in [2.05, 4.69) is 5.32 Å². The van der Waals surface area contributed by atoms with Gasteiger partial charge in [0.05, 0.1) is 6.04 Å². The van der Waals surface area contributed by atoms with Gasteiger partial charge in [0.1, 0.15) is 0 Å². The van der Waals surface area contributed by atoms with Gasteiger partial charge < -0.3 is 16.2 Å². The molecule has 18 heavy (non-hydrogen) atoms. The highest BCUT2D eigenvalue weighted by Crippen LogP contribution is 2.11. The summed E-state index contributed by atoms with van der Waals surface area (Å²) >= 11 is 0. The van der Waals surface area contributed by atoms with E-state index >= 15 is 0 Å². The van der Waals surface area contributed by atoms with Crippen molar-refractivity contribution in [3.63, 3.8) is 0 Å². The second-order valence-corrected chi connectivity index (χ2v) is 4.09. The molecule has 1 rings (SSSR count). The van der Waals surface area contributed by atoms with Crippen LogP contribution in [0.1, 0.15) is 25.3 Å². The zero-order valence-corrected chi connectivity index (χ0v) is 10.3. The minimum absolute atomic E-state index is 0.104. The lowest BCUT2D eigenvalue weighted by atomic mass is 10.1. The predicted octanol–water partition coefficient (Wildman–Crippen LogP) is 1.38. The van der Waals surface area contributed by atoms with Gasteiger partial charge in [0.15, 0.2) is 0 Å². The van der Waals surface area contributed by atoms with E-state index in [-0.39, 0.29) is 12.3 Å². The number of anilines is 1. The molecular formula is C13H18N2O3. The lowest BCUT2D eigenvalue weighted by Gasteiger charge is -2.10. The van der Waals surface area contributed by atoms with Crippen LogP contribution < -0.4 is 11.1 Å². The SMILES string of the molecule is CCC(N)C(=O)Nc1ccc(CCC(=O)O)cc1. The molecule has 1 atom stereocenters. The van der Waals surface area contributed by atoms with Gasteiger partial charge in [-0.05, 0) is 30.5 Å². The fourth-order valence-corrected chi connectivity index (χ4v) is 1.43. The first-order valence-corrected chi connectivity index (χ1v) is 5.90. The van der Waals surface area contributed by atoms with Gasteiger partial charge in [0.2, 0.25) is 5.91 Å². The minimum atomic E-state index is -0.818. The average molecular weight is 250 g/mol. The van der Waals surface area contributed by atoms with Gasteiger partial charge in [-0.2, -0.15) is 0 Å². The molecule has 0 fully saturated rings. The molecule has 0 bridgehead atoms. The summed E-state index contributed by atoms with van der Waals surface area (Å²) in [5, 5.41) is 11.3. The van der Waals surface area contributed by atoms with Crippen LogP contribution in [-0.2, 0) is 16.0 Å². The summed E-state index contributed by atoms with van der Waals surface area (Å²) in [6.07, 6.45) is 1.17. The maximum atomic E-state index is 11.5.